The van der Waals surface area contributed by atoms with Crippen molar-refractivity contribution in [2.75, 3.05) is 0 Å². The molecule has 1 saturated heterocycles. The summed E-state index contributed by atoms with van der Waals surface area (Å²) in [6.45, 7) is 0. The molecule has 1 amide bonds. The number of carbonyl (C=O) groups is 1. The molecule has 0 aromatic heterocycles. The number of amides is 1. The second-order valence-corrected chi connectivity index (χ2v) is 6.76. The lowest BCUT2D eigenvalue weighted by Gasteiger charge is -2.42. The lowest BCUT2D eigenvalue weighted by molar-refractivity contribution is -0.125. The molecule has 3 rings (SSSR count). The Morgan fingerprint density at radius 2 is 1.71 bits per heavy atom. The molecule has 1 aliphatic carbocycles. The molecule has 2 N–H and O–H groups in total. The van der Waals surface area contributed by atoms with Gasteiger partial charge in [-0.3, -0.25) is 10.1 Å². The van der Waals surface area contributed by atoms with E-state index in [1.165, 1.54) is 0 Å². The standard InChI is InChI=1S/C16H18Cl2N2O/c17-11-8-14-15(9-12(11)18)20-16(21)13(19-14)7-6-10-4-2-1-3-5-10/h1-7,11-15,19H,8-9H2,(H,20,21)/b7-6+. The van der Waals surface area contributed by atoms with Crippen LogP contribution in [0.25, 0.3) is 6.08 Å². The van der Waals surface area contributed by atoms with Gasteiger partial charge in [0.1, 0.15) is 6.04 Å². The Kier molecular flexibility index (Phi) is 4.53. The quantitative estimate of drug-likeness (QED) is 0.821. The summed E-state index contributed by atoms with van der Waals surface area (Å²) in [6.07, 6.45) is 5.35. The van der Waals surface area contributed by atoms with Gasteiger partial charge >= 0.3 is 0 Å². The summed E-state index contributed by atoms with van der Waals surface area (Å²) in [5.74, 6) is 0.000297. The number of hydrogen-bond acceptors (Lipinski definition) is 2. The number of fused-ring (bicyclic) bond motifs is 1. The van der Waals surface area contributed by atoms with Crippen LogP contribution < -0.4 is 10.6 Å². The zero-order valence-electron chi connectivity index (χ0n) is 11.5. The number of nitrogens with one attached hydrogen (secondary N) is 2. The first-order chi connectivity index (χ1) is 10.1. The Morgan fingerprint density at radius 3 is 2.43 bits per heavy atom. The van der Waals surface area contributed by atoms with Crippen LogP contribution in [-0.4, -0.2) is 34.8 Å². The summed E-state index contributed by atoms with van der Waals surface area (Å²) in [7, 11) is 0. The molecule has 1 aliphatic heterocycles. The van der Waals surface area contributed by atoms with Crippen molar-refractivity contribution < 1.29 is 4.79 Å². The molecule has 2 fully saturated rings. The van der Waals surface area contributed by atoms with Gasteiger partial charge in [-0.15, -0.1) is 23.2 Å². The largest absolute Gasteiger partial charge is 0.350 e. The first-order valence-corrected chi connectivity index (χ1v) is 8.08. The third kappa shape index (κ3) is 3.42. The van der Waals surface area contributed by atoms with Crippen molar-refractivity contribution in [2.24, 2.45) is 0 Å². The predicted molar refractivity (Wildman–Crippen MR) is 86.6 cm³/mol. The fourth-order valence-electron chi connectivity index (χ4n) is 2.95. The van der Waals surface area contributed by atoms with E-state index in [0.29, 0.717) is 6.42 Å². The van der Waals surface area contributed by atoms with Crippen LogP contribution >= 0.6 is 23.2 Å². The molecule has 21 heavy (non-hydrogen) atoms. The Labute approximate surface area is 134 Å². The van der Waals surface area contributed by atoms with Crippen LogP contribution in [0.3, 0.4) is 0 Å². The number of alkyl halides is 2. The molecule has 0 bridgehead atoms. The molecular weight excluding hydrogens is 307 g/mol. The highest BCUT2D eigenvalue weighted by Crippen LogP contribution is 2.30. The van der Waals surface area contributed by atoms with Crippen LogP contribution in [-0.2, 0) is 4.79 Å². The number of piperazine rings is 1. The molecule has 1 heterocycles. The smallest absolute Gasteiger partial charge is 0.241 e. The van der Waals surface area contributed by atoms with E-state index in [1.54, 1.807) is 0 Å². The summed E-state index contributed by atoms with van der Waals surface area (Å²) in [5.41, 5.74) is 1.08. The monoisotopic (exact) mass is 324 g/mol. The van der Waals surface area contributed by atoms with Crippen molar-refractivity contribution in [2.45, 2.75) is 41.7 Å². The molecule has 3 nitrogen and oxygen atoms in total. The molecule has 1 aromatic carbocycles. The van der Waals surface area contributed by atoms with Gasteiger partial charge in [0.05, 0.1) is 10.8 Å². The third-order valence-electron chi connectivity index (χ3n) is 4.12. The van der Waals surface area contributed by atoms with Gasteiger partial charge in [0.25, 0.3) is 0 Å². The zero-order valence-corrected chi connectivity index (χ0v) is 13.0. The van der Waals surface area contributed by atoms with E-state index in [4.69, 9.17) is 23.2 Å². The average Bonchev–Trinajstić information content (AvgIpc) is 2.48. The lowest BCUT2D eigenvalue weighted by atomic mass is 9.86. The van der Waals surface area contributed by atoms with Gasteiger partial charge in [-0.2, -0.15) is 0 Å². The molecule has 2 aliphatic rings. The summed E-state index contributed by atoms with van der Waals surface area (Å²) >= 11 is 12.4. The SMILES string of the molecule is O=C1NC2CC(Cl)C(Cl)CC2NC1/C=C/c1ccccc1. The minimum absolute atomic E-state index is 0.000297. The number of rotatable bonds is 2. The predicted octanol–water partition coefficient (Wildman–Crippen LogP) is 2.53. The van der Waals surface area contributed by atoms with E-state index in [2.05, 4.69) is 10.6 Å². The number of halogens is 2. The maximum atomic E-state index is 12.2. The molecule has 0 spiro atoms. The van der Waals surface area contributed by atoms with Crippen LogP contribution in [0.1, 0.15) is 18.4 Å². The van der Waals surface area contributed by atoms with Gasteiger partial charge in [0, 0.05) is 12.1 Å². The summed E-state index contributed by atoms with van der Waals surface area (Å²) in [4.78, 5) is 12.2. The van der Waals surface area contributed by atoms with Gasteiger partial charge in [0.15, 0.2) is 0 Å². The molecule has 1 aromatic rings. The Morgan fingerprint density at radius 1 is 1.05 bits per heavy atom. The third-order valence-corrected chi connectivity index (χ3v) is 5.21. The summed E-state index contributed by atoms with van der Waals surface area (Å²) in [6, 6.07) is 9.89. The van der Waals surface area contributed by atoms with E-state index >= 15 is 0 Å². The molecule has 0 radical (unpaired) electrons. The van der Waals surface area contributed by atoms with Crippen LogP contribution in [0.4, 0.5) is 0 Å². The molecule has 5 heteroatoms. The van der Waals surface area contributed by atoms with E-state index in [0.717, 1.165) is 12.0 Å². The van der Waals surface area contributed by atoms with Crippen LogP contribution in [0.2, 0.25) is 0 Å². The van der Waals surface area contributed by atoms with Crippen LogP contribution in [0, 0.1) is 0 Å². The summed E-state index contributed by atoms with van der Waals surface area (Å²) < 4.78 is 0. The van der Waals surface area contributed by atoms with Crippen molar-refractivity contribution in [3.63, 3.8) is 0 Å². The van der Waals surface area contributed by atoms with Gasteiger partial charge in [-0.05, 0) is 18.4 Å². The van der Waals surface area contributed by atoms with Gasteiger partial charge in [-0.1, -0.05) is 42.5 Å². The summed E-state index contributed by atoms with van der Waals surface area (Å²) in [5, 5.41) is 6.32. The molecule has 112 valence electrons. The molecule has 5 atom stereocenters. The van der Waals surface area contributed by atoms with Crippen LogP contribution in [0.5, 0.6) is 0 Å². The van der Waals surface area contributed by atoms with E-state index in [-0.39, 0.29) is 34.8 Å². The number of carbonyl (C=O) groups excluding carboxylic acids is 1. The van der Waals surface area contributed by atoms with Crippen molar-refractivity contribution in [1.29, 1.82) is 0 Å². The normalized spacial score (nSPS) is 36.3. The maximum Gasteiger partial charge on any atom is 0.241 e. The maximum absolute atomic E-state index is 12.2. The van der Waals surface area contributed by atoms with E-state index in [1.807, 2.05) is 42.5 Å². The zero-order chi connectivity index (χ0) is 14.8. The fraction of sp³-hybridized carbons (Fsp3) is 0.438. The number of benzene rings is 1. The highest BCUT2D eigenvalue weighted by molar-refractivity contribution is 6.30. The minimum Gasteiger partial charge on any atom is -0.350 e. The second-order valence-electron chi connectivity index (χ2n) is 5.64. The highest BCUT2D eigenvalue weighted by Gasteiger charge is 2.41. The van der Waals surface area contributed by atoms with Crippen LogP contribution in [0.15, 0.2) is 36.4 Å². The molecule has 1 saturated carbocycles. The average molecular weight is 325 g/mol. The van der Waals surface area contributed by atoms with Crippen molar-refractivity contribution in [3.05, 3.63) is 42.0 Å². The fourth-order valence-corrected chi connectivity index (χ4v) is 3.54. The van der Waals surface area contributed by atoms with Crippen molar-refractivity contribution >= 4 is 35.2 Å². The number of hydrogen-bond donors (Lipinski definition) is 2. The Bertz CT molecular complexity index is 534. The van der Waals surface area contributed by atoms with Gasteiger partial charge in [0.2, 0.25) is 5.91 Å². The Balaban J connectivity index is 1.68. The van der Waals surface area contributed by atoms with E-state index < -0.39 is 0 Å². The topological polar surface area (TPSA) is 41.1 Å². The molecular formula is C16H18Cl2N2O. The molecule has 5 unspecified atom stereocenters. The highest BCUT2D eigenvalue weighted by atomic mass is 35.5. The lowest BCUT2D eigenvalue weighted by Crippen LogP contribution is -2.66. The Hall–Kier alpha value is -1.03. The van der Waals surface area contributed by atoms with Gasteiger partial charge in [-0.25, -0.2) is 0 Å². The van der Waals surface area contributed by atoms with E-state index in [9.17, 15) is 4.79 Å². The minimum atomic E-state index is -0.317. The second kappa shape index (κ2) is 6.39. The van der Waals surface area contributed by atoms with Crippen molar-refractivity contribution in [3.8, 4) is 0 Å². The first-order valence-electron chi connectivity index (χ1n) is 7.21. The van der Waals surface area contributed by atoms with Crippen molar-refractivity contribution in [1.82, 2.24) is 10.6 Å². The van der Waals surface area contributed by atoms with Gasteiger partial charge < -0.3 is 5.32 Å². The first kappa shape index (κ1) is 14.9.